The molecular formula is C5H3F3N2OS. The van der Waals surface area contributed by atoms with E-state index < -0.39 is 12.2 Å². The van der Waals surface area contributed by atoms with E-state index >= 15 is 0 Å². The minimum Gasteiger partial charge on any atom is -0.268 e. The second kappa shape index (κ2) is 3.10. The highest BCUT2D eigenvalue weighted by molar-refractivity contribution is 7.11. The summed E-state index contributed by atoms with van der Waals surface area (Å²) in [6.45, 7) is 0. The minimum atomic E-state index is -4.68. The summed E-state index contributed by atoms with van der Waals surface area (Å²) in [6.07, 6.45) is -3.60. The van der Waals surface area contributed by atoms with Crippen LogP contribution in [0.5, 0.6) is 0 Å². The summed E-state index contributed by atoms with van der Waals surface area (Å²) < 4.78 is 34.7. The Hall–Kier alpha value is -1.11. The molecule has 0 fully saturated rings. The van der Waals surface area contributed by atoms with Gasteiger partial charge in [-0.1, -0.05) is 0 Å². The lowest BCUT2D eigenvalue weighted by molar-refractivity contribution is -0.146. The Balaban J connectivity index is 2.63. The van der Waals surface area contributed by atoms with Crippen LogP contribution < -0.4 is 5.32 Å². The smallest absolute Gasteiger partial charge is 0.268 e. The molecule has 0 aliphatic heterocycles. The van der Waals surface area contributed by atoms with Gasteiger partial charge in [0.15, 0.2) is 0 Å². The van der Waals surface area contributed by atoms with E-state index in [2.05, 4.69) is 4.98 Å². The van der Waals surface area contributed by atoms with Crippen molar-refractivity contribution in [3.05, 3.63) is 16.6 Å². The number of nitrogens with zero attached hydrogens (tertiary/aromatic N) is 1. The summed E-state index contributed by atoms with van der Waals surface area (Å²) in [4.78, 5) is 14.1. The molecule has 3 nitrogen and oxygen atoms in total. The lowest BCUT2D eigenvalue weighted by Gasteiger charge is -2.05. The lowest BCUT2D eigenvalue weighted by Crippen LogP contribution is -2.36. The molecule has 0 saturated heterocycles. The Morgan fingerprint density at radius 1 is 1.58 bits per heavy atom. The van der Waals surface area contributed by atoms with Gasteiger partial charge in [-0.3, -0.25) is 15.1 Å². The van der Waals surface area contributed by atoms with E-state index in [0.717, 1.165) is 22.9 Å². The van der Waals surface area contributed by atoms with Gasteiger partial charge in [0.05, 0.1) is 11.7 Å². The fraction of sp³-hybridized carbons (Fsp3) is 0.200. The molecule has 0 aliphatic rings. The van der Waals surface area contributed by atoms with E-state index in [9.17, 15) is 18.0 Å². The first kappa shape index (κ1) is 8.98. The Kier molecular flexibility index (Phi) is 2.32. The van der Waals surface area contributed by atoms with Crippen LogP contribution in [0.2, 0.25) is 0 Å². The molecule has 1 amide bonds. The molecule has 1 heterocycles. The maximum Gasteiger partial charge on any atom is 0.484 e. The van der Waals surface area contributed by atoms with Crippen LogP contribution in [0.1, 0.15) is 9.67 Å². The third-order valence-electron chi connectivity index (χ3n) is 0.911. The van der Waals surface area contributed by atoms with Gasteiger partial charge in [0.25, 0.3) is 5.91 Å². The zero-order valence-corrected chi connectivity index (χ0v) is 6.37. The highest BCUT2D eigenvalue weighted by Crippen LogP contribution is 2.12. The van der Waals surface area contributed by atoms with Crippen LogP contribution in [-0.4, -0.2) is 17.2 Å². The Morgan fingerprint density at radius 3 is 2.67 bits per heavy atom. The van der Waals surface area contributed by atoms with Gasteiger partial charge in [0, 0.05) is 0 Å². The molecule has 0 saturated carbocycles. The summed E-state index contributed by atoms with van der Waals surface area (Å²) in [5, 5.41) is 0.853. The van der Waals surface area contributed by atoms with Crippen molar-refractivity contribution in [2.45, 2.75) is 6.30 Å². The van der Waals surface area contributed by atoms with Gasteiger partial charge >= 0.3 is 6.30 Å². The van der Waals surface area contributed by atoms with Crippen molar-refractivity contribution in [1.29, 1.82) is 0 Å². The molecule has 1 rings (SSSR count). The van der Waals surface area contributed by atoms with Gasteiger partial charge < -0.3 is 0 Å². The number of hydrogen-bond acceptors (Lipinski definition) is 3. The van der Waals surface area contributed by atoms with Crippen molar-refractivity contribution in [1.82, 2.24) is 10.3 Å². The summed E-state index contributed by atoms with van der Waals surface area (Å²) in [7, 11) is 0. The predicted octanol–water partition coefficient (Wildman–Crippen LogP) is 1.39. The molecule has 0 aromatic carbocycles. The largest absolute Gasteiger partial charge is 0.484 e. The number of amides is 1. The highest BCUT2D eigenvalue weighted by atomic mass is 32.1. The maximum absolute atomic E-state index is 11.6. The SMILES string of the molecule is O=C(NC(F)(F)F)c1cncs1. The number of thiazole rings is 1. The zero-order chi connectivity index (χ0) is 9.19. The Labute approximate surface area is 69.2 Å². The van der Waals surface area contributed by atoms with Crippen LogP contribution in [-0.2, 0) is 0 Å². The van der Waals surface area contributed by atoms with Crippen molar-refractivity contribution in [3.63, 3.8) is 0 Å². The number of nitrogens with one attached hydrogen (secondary N) is 1. The molecule has 0 aliphatic carbocycles. The summed E-state index contributed by atoms with van der Waals surface area (Å²) in [6, 6.07) is 0. The minimum absolute atomic E-state index is 0.0627. The molecule has 1 aromatic heterocycles. The van der Waals surface area contributed by atoms with Crippen LogP contribution in [0, 0.1) is 0 Å². The maximum atomic E-state index is 11.6. The molecule has 0 bridgehead atoms. The zero-order valence-electron chi connectivity index (χ0n) is 5.55. The number of halogens is 3. The Bertz CT molecular complexity index is 269. The van der Waals surface area contributed by atoms with E-state index in [1.54, 1.807) is 0 Å². The average molecular weight is 196 g/mol. The highest BCUT2D eigenvalue weighted by Gasteiger charge is 2.30. The van der Waals surface area contributed by atoms with Crippen molar-refractivity contribution >= 4 is 17.2 Å². The fourth-order valence-corrected chi connectivity index (χ4v) is 1.03. The monoisotopic (exact) mass is 196 g/mol. The lowest BCUT2D eigenvalue weighted by atomic mass is 10.5. The van der Waals surface area contributed by atoms with Crippen LogP contribution in [0.4, 0.5) is 13.2 Å². The van der Waals surface area contributed by atoms with Crippen LogP contribution in [0.3, 0.4) is 0 Å². The molecule has 12 heavy (non-hydrogen) atoms. The molecule has 7 heteroatoms. The van der Waals surface area contributed by atoms with E-state index in [1.807, 2.05) is 0 Å². The molecule has 0 unspecified atom stereocenters. The second-order valence-corrected chi connectivity index (χ2v) is 2.70. The Morgan fingerprint density at radius 2 is 2.25 bits per heavy atom. The first-order valence-corrected chi connectivity index (χ1v) is 3.65. The van der Waals surface area contributed by atoms with Crippen molar-refractivity contribution in [2.75, 3.05) is 0 Å². The first-order chi connectivity index (χ1) is 5.49. The third kappa shape index (κ3) is 2.50. The molecular weight excluding hydrogens is 193 g/mol. The van der Waals surface area contributed by atoms with E-state index in [0.29, 0.717) is 0 Å². The quantitative estimate of drug-likeness (QED) is 0.689. The number of alkyl halides is 3. The number of carbonyl (C=O) groups is 1. The fourth-order valence-electron chi connectivity index (χ4n) is 0.518. The van der Waals surface area contributed by atoms with Crippen LogP contribution in [0.25, 0.3) is 0 Å². The summed E-state index contributed by atoms with van der Waals surface area (Å²) >= 11 is 0.849. The van der Waals surface area contributed by atoms with E-state index in [-0.39, 0.29) is 4.88 Å². The average Bonchev–Trinajstić information content (AvgIpc) is 2.32. The molecule has 0 spiro atoms. The summed E-state index contributed by atoms with van der Waals surface area (Å²) in [5.74, 6) is -1.18. The molecule has 1 aromatic rings. The van der Waals surface area contributed by atoms with Gasteiger partial charge in [-0.05, 0) is 0 Å². The van der Waals surface area contributed by atoms with Crippen LogP contribution >= 0.6 is 11.3 Å². The summed E-state index contributed by atoms with van der Waals surface area (Å²) in [5.41, 5.74) is 1.28. The molecule has 0 atom stereocenters. The van der Waals surface area contributed by atoms with Crippen molar-refractivity contribution < 1.29 is 18.0 Å². The standard InChI is InChI=1S/C5H3F3N2OS/c6-5(7,8)10-4(11)3-1-9-2-12-3/h1-2H,(H,10,11). The molecule has 1 N–H and O–H groups in total. The predicted molar refractivity (Wildman–Crippen MR) is 35.6 cm³/mol. The number of rotatable bonds is 1. The van der Waals surface area contributed by atoms with E-state index in [4.69, 9.17) is 0 Å². The third-order valence-corrected chi connectivity index (χ3v) is 1.68. The molecule has 66 valence electrons. The van der Waals surface area contributed by atoms with Gasteiger partial charge in [-0.25, -0.2) is 0 Å². The van der Waals surface area contributed by atoms with Crippen LogP contribution in [0.15, 0.2) is 11.7 Å². The van der Waals surface area contributed by atoms with Gasteiger partial charge in [0.2, 0.25) is 0 Å². The van der Waals surface area contributed by atoms with Gasteiger partial charge in [0.1, 0.15) is 4.88 Å². The second-order valence-electron chi connectivity index (χ2n) is 1.82. The van der Waals surface area contributed by atoms with Gasteiger partial charge in [-0.15, -0.1) is 11.3 Å². The molecule has 0 radical (unpaired) electrons. The van der Waals surface area contributed by atoms with Crippen molar-refractivity contribution in [3.8, 4) is 0 Å². The first-order valence-electron chi connectivity index (χ1n) is 2.77. The number of aromatic nitrogens is 1. The number of hydrogen-bond donors (Lipinski definition) is 1. The number of carbonyl (C=O) groups excluding carboxylic acids is 1. The normalized spacial score (nSPS) is 11.2. The van der Waals surface area contributed by atoms with Crippen molar-refractivity contribution in [2.24, 2.45) is 0 Å². The van der Waals surface area contributed by atoms with Gasteiger partial charge in [-0.2, -0.15) is 13.2 Å². The van der Waals surface area contributed by atoms with E-state index in [1.165, 1.54) is 5.51 Å². The topological polar surface area (TPSA) is 42.0 Å².